The maximum Gasteiger partial charge on any atom is 0.143 e. The highest BCUT2D eigenvalue weighted by atomic mass is 16.3. The van der Waals surface area contributed by atoms with Crippen molar-refractivity contribution < 1.29 is 5.11 Å². The summed E-state index contributed by atoms with van der Waals surface area (Å²) >= 11 is 0. The summed E-state index contributed by atoms with van der Waals surface area (Å²) in [6, 6.07) is 18.8. The van der Waals surface area contributed by atoms with Gasteiger partial charge in [0.25, 0.3) is 0 Å². The number of aromatic nitrogens is 2. The minimum atomic E-state index is 0.172. The Morgan fingerprint density at radius 1 is 1.00 bits per heavy atom. The summed E-state index contributed by atoms with van der Waals surface area (Å²) in [4.78, 5) is 11.9. The molecule has 0 aliphatic heterocycles. The molecule has 4 nitrogen and oxygen atoms in total. The van der Waals surface area contributed by atoms with E-state index in [1.54, 1.807) is 0 Å². The van der Waals surface area contributed by atoms with Gasteiger partial charge < -0.3 is 5.11 Å². The second-order valence-corrected chi connectivity index (χ2v) is 7.22. The molecule has 26 heavy (non-hydrogen) atoms. The molecule has 1 heterocycles. The number of fused-ring (bicyclic) bond motifs is 1. The minimum Gasteiger partial charge on any atom is -0.395 e. The zero-order chi connectivity index (χ0) is 17.9. The Hall–Kier alpha value is -2.30. The average molecular weight is 347 g/mol. The smallest absolute Gasteiger partial charge is 0.143 e. The molecule has 2 aromatic carbocycles. The molecule has 1 aliphatic rings. The largest absolute Gasteiger partial charge is 0.395 e. The third-order valence-corrected chi connectivity index (χ3v) is 5.24. The molecular formula is C22H25N3O. The molecule has 1 aliphatic carbocycles. The first kappa shape index (κ1) is 17.1. The predicted octanol–water partition coefficient (Wildman–Crippen LogP) is 3.71. The van der Waals surface area contributed by atoms with E-state index in [2.05, 4.69) is 35.2 Å². The van der Waals surface area contributed by atoms with Crippen LogP contribution in [0, 0.1) is 12.8 Å². The number of hydrogen-bond donors (Lipinski definition) is 1. The van der Waals surface area contributed by atoms with E-state index in [1.165, 1.54) is 18.4 Å². The van der Waals surface area contributed by atoms with Crippen molar-refractivity contribution in [3.63, 3.8) is 0 Å². The first-order chi connectivity index (χ1) is 12.7. The van der Waals surface area contributed by atoms with Crippen LogP contribution in [0.2, 0.25) is 0 Å². The van der Waals surface area contributed by atoms with Gasteiger partial charge in [0.1, 0.15) is 5.82 Å². The normalized spacial score (nSPS) is 15.5. The second-order valence-electron chi connectivity index (χ2n) is 7.22. The van der Waals surface area contributed by atoms with Crippen molar-refractivity contribution in [2.45, 2.75) is 38.9 Å². The Kier molecular flexibility index (Phi) is 4.96. The van der Waals surface area contributed by atoms with Crippen LogP contribution in [0.3, 0.4) is 0 Å². The van der Waals surface area contributed by atoms with Gasteiger partial charge in [0.05, 0.1) is 18.7 Å². The highest BCUT2D eigenvalue weighted by Gasteiger charge is 2.35. The molecule has 1 saturated carbocycles. The third kappa shape index (κ3) is 3.76. The molecule has 1 atom stereocenters. The van der Waals surface area contributed by atoms with Gasteiger partial charge in [-0.25, -0.2) is 9.97 Å². The van der Waals surface area contributed by atoms with E-state index in [9.17, 15) is 5.11 Å². The monoisotopic (exact) mass is 347 g/mol. The van der Waals surface area contributed by atoms with Gasteiger partial charge in [0.2, 0.25) is 0 Å². The number of hydrogen-bond acceptors (Lipinski definition) is 4. The van der Waals surface area contributed by atoms with E-state index in [-0.39, 0.29) is 12.6 Å². The molecule has 0 spiro atoms. The number of para-hydroxylation sites is 1. The number of aryl methyl sites for hydroxylation is 1. The Balaban J connectivity index is 1.63. The summed E-state index contributed by atoms with van der Waals surface area (Å²) in [5, 5.41) is 11.1. The lowest BCUT2D eigenvalue weighted by Gasteiger charge is -2.30. The summed E-state index contributed by atoms with van der Waals surface area (Å²) in [6.07, 6.45) is 2.41. The lowest BCUT2D eigenvalue weighted by atomic mass is 10.1. The highest BCUT2D eigenvalue weighted by Crippen LogP contribution is 2.36. The number of aliphatic hydroxyl groups excluding tert-OH is 1. The third-order valence-electron chi connectivity index (χ3n) is 5.24. The van der Waals surface area contributed by atoms with Crippen LogP contribution >= 0.6 is 0 Å². The maximum atomic E-state index is 10.0. The summed E-state index contributed by atoms with van der Waals surface area (Å²) in [6.45, 7) is 3.68. The fourth-order valence-electron chi connectivity index (χ4n) is 3.70. The van der Waals surface area contributed by atoms with Gasteiger partial charge in [0, 0.05) is 23.7 Å². The second kappa shape index (κ2) is 7.52. The standard InChI is InChI=1S/C22H25N3O/c1-16-19-9-5-6-10-20(19)24-22(23-16)14-25(21(15-26)18-11-12-18)13-17-7-3-2-4-8-17/h2-10,18,21,26H,11-15H2,1H3. The molecule has 0 radical (unpaired) electrons. The van der Waals surface area contributed by atoms with Gasteiger partial charge in [-0.15, -0.1) is 0 Å². The molecule has 4 heteroatoms. The van der Waals surface area contributed by atoms with Crippen LogP contribution in [0.1, 0.15) is 29.9 Å². The van der Waals surface area contributed by atoms with Crippen LogP contribution in [0.25, 0.3) is 10.9 Å². The van der Waals surface area contributed by atoms with E-state index in [0.717, 1.165) is 29.0 Å². The van der Waals surface area contributed by atoms with Crippen molar-refractivity contribution in [1.82, 2.24) is 14.9 Å². The molecule has 1 unspecified atom stereocenters. The van der Waals surface area contributed by atoms with Gasteiger partial charge in [-0.1, -0.05) is 48.5 Å². The molecule has 0 saturated heterocycles. The number of nitrogens with zero attached hydrogens (tertiary/aromatic N) is 3. The quantitative estimate of drug-likeness (QED) is 0.708. The van der Waals surface area contributed by atoms with Crippen LogP contribution in [-0.4, -0.2) is 32.6 Å². The SMILES string of the molecule is Cc1nc(CN(Cc2ccccc2)C(CO)C2CC2)nc2ccccc12. The summed E-state index contributed by atoms with van der Waals surface area (Å²) in [5.41, 5.74) is 3.25. The number of aliphatic hydroxyl groups is 1. The molecule has 1 aromatic heterocycles. The zero-order valence-corrected chi connectivity index (χ0v) is 15.2. The van der Waals surface area contributed by atoms with Crippen molar-refractivity contribution in [3.05, 3.63) is 71.7 Å². The van der Waals surface area contributed by atoms with Crippen molar-refractivity contribution in [2.24, 2.45) is 5.92 Å². The molecule has 134 valence electrons. The summed E-state index contributed by atoms with van der Waals surface area (Å²) in [5.74, 6) is 1.42. The molecule has 0 bridgehead atoms. The predicted molar refractivity (Wildman–Crippen MR) is 104 cm³/mol. The van der Waals surface area contributed by atoms with Crippen LogP contribution in [-0.2, 0) is 13.1 Å². The topological polar surface area (TPSA) is 49.2 Å². The average Bonchev–Trinajstić information content (AvgIpc) is 3.48. The van der Waals surface area contributed by atoms with Crippen LogP contribution in [0.4, 0.5) is 0 Å². The van der Waals surface area contributed by atoms with Gasteiger partial charge in [-0.3, -0.25) is 4.90 Å². The Bertz CT molecular complexity index is 877. The van der Waals surface area contributed by atoms with E-state index in [1.807, 2.05) is 31.2 Å². The van der Waals surface area contributed by atoms with Crippen molar-refractivity contribution in [1.29, 1.82) is 0 Å². The molecule has 1 fully saturated rings. The van der Waals surface area contributed by atoms with E-state index in [0.29, 0.717) is 12.5 Å². The molecular weight excluding hydrogens is 322 g/mol. The van der Waals surface area contributed by atoms with Gasteiger partial charge in [-0.2, -0.15) is 0 Å². The summed E-state index contributed by atoms with van der Waals surface area (Å²) in [7, 11) is 0. The Labute approximate surface area is 154 Å². The molecule has 1 N–H and O–H groups in total. The Morgan fingerprint density at radius 3 is 2.46 bits per heavy atom. The molecule has 0 amide bonds. The van der Waals surface area contributed by atoms with E-state index >= 15 is 0 Å². The van der Waals surface area contributed by atoms with Crippen molar-refractivity contribution in [2.75, 3.05) is 6.61 Å². The van der Waals surface area contributed by atoms with Crippen LogP contribution in [0.15, 0.2) is 54.6 Å². The molecule has 4 rings (SSSR count). The first-order valence-corrected chi connectivity index (χ1v) is 9.35. The minimum absolute atomic E-state index is 0.172. The zero-order valence-electron chi connectivity index (χ0n) is 15.2. The van der Waals surface area contributed by atoms with E-state index in [4.69, 9.17) is 9.97 Å². The lowest BCUT2D eigenvalue weighted by molar-refractivity contribution is 0.0922. The van der Waals surface area contributed by atoms with Crippen molar-refractivity contribution in [3.8, 4) is 0 Å². The Morgan fingerprint density at radius 2 is 1.73 bits per heavy atom. The number of rotatable bonds is 7. The maximum absolute atomic E-state index is 10.0. The van der Waals surface area contributed by atoms with E-state index < -0.39 is 0 Å². The van der Waals surface area contributed by atoms with Gasteiger partial charge in [0.15, 0.2) is 0 Å². The van der Waals surface area contributed by atoms with Crippen LogP contribution < -0.4 is 0 Å². The lowest BCUT2D eigenvalue weighted by Crippen LogP contribution is -2.39. The fourth-order valence-corrected chi connectivity index (χ4v) is 3.70. The van der Waals surface area contributed by atoms with Crippen LogP contribution in [0.5, 0.6) is 0 Å². The molecule has 3 aromatic rings. The van der Waals surface area contributed by atoms with Crippen molar-refractivity contribution >= 4 is 10.9 Å². The highest BCUT2D eigenvalue weighted by molar-refractivity contribution is 5.80. The summed E-state index contributed by atoms with van der Waals surface area (Å²) < 4.78 is 0. The van der Waals surface area contributed by atoms with Gasteiger partial charge in [-0.05, 0) is 37.3 Å². The first-order valence-electron chi connectivity index (χ1n) is 9.35. The fraction of sp³-hybridized carbons (Fsp3) is 0.364. The van der Waals surface area contributed by atoms with Gasteiger partial charge >= 0.3 is 0 Å². The number of benzene rings is 2.